The highest BCUT2D eigenvalue weighted by molar-refractivity contribution is 7.89. The Morgan fingerprint density at radius 1 is 1.00 bits per heavy atom. The lowest BCUT2D eigenvalue weighted by Crippen LogP contribution is -2.48. The van der Waals surface area contributed by atoms with Gasteiger partial charge in [-0.05, 0) is 61.6 Å². The molecule has 2 amide bonds. The smallest absolute Gasteiger partial charge is 0.276 e. The number of benzene rings is 2. The first kappa shape index (κ1) is 21.8. The molecule has 0 radical (unpaired) electrons. The fourth-order valence-electron chi connectivity index (χ4n) is 3.18. The van der Waals surface area contributed by atoms with Crippen molar-refractivity contribution in [2.45, 2.75) is 31.1 Å². The Hall–Kier alpha value is -2.91. The molecule has 0 spiro atoms. The van der Waals surface area contributed by atoms with Gasteiger partial charge in [-0.2, -0.15) is 4.31 Å². The molecule has 0 fully saturated rings. The Labute approximate surface area is 176 Å². The Morgan fingerprint density at radius 3 is 2.40 bits per heavy atom. The molecular weight excluding hydrogens is 406 g/mol. The third-order valence-corrected chi connectivity index (χ3v) is 6.69. The summed E-state index contributed by atoms with van der Waals surface area (Å²) in [7, 11) is -2.51. The number of rotatable bonds is 7. The van der Waals surface area contributed by atoms with Crippen LogP contribution >= 0.6 is 0 Å². The van der Waals surface area contributed by atoms with Crippen LogP contribution in [0.25, 0.3) is 0 Å². The maximum absolute atomic E-state index is 12.5. The molecule has 1 aliphatic rings. The molecule has 2 aromatic carbocycles. The number of likely N-dealkylation sites (N-methyl/N-ethyl adjacent to an activating group) is 1. The zero-order chi connectivity index (χ0) is 21.7. The third kappa shape index (κ3) is 5.37. The van der Waals surface area contributed by atoms with Gasteiger partial charge in [-0.3, -0.25) is 20.4 Å². The number of carbonyl (C=O) groups is 2. The second-order valence-corrected chi connectivity index (χ2v) is 9.29. The molecule has 8 nitrogen and oxygen atoms in total. The molecule has 2 N–H and O–H groups in total. The Kier molecular flexibility index (Phi) is 6.73. The largest absolute Gasteiger partial charge is 0.484 e. The zero-order valence-electron chi connectivity index (χ0n) is 17.0. The number of hydrogen-bond acceptors (Lipinski definition) is 5. The molecule has 9 heteroatoms. The summed E-state index contributed by atoms with van der Waals surface area (Å²) in [4.78, 5) is 24.0. The molecule has 0 saturated heterocycles. The topological polar surface area (TPSA) is 105 Å². The van der Waals surface area contributed by atoms with E-state index >= 15 is 0 Å². The van der Waals surface area contributed by atoms with Gasteiger partial charge in [0.05, 0.1) is 11.4 Å². The van der Waals surface area contributed by atoms with Crippen molar-refractivity contribution in [2.75, 3.05) is 20.2 Å². The lowest BCUT2D eigenvalue weighted by atomic mass is 10.1. The number of carbonyl (C=O) groups excluding carboxylic acids is 2. The molecular formula is C21H25N3O5S. The van der Waals surface area contributed by atoms with Crippen molar-refractivity contribution in [2.24, 2.45) is 0 Å². The number of sulfonamides is 1. The summed E-state index contributed by atoms with van der Waals surface area (Å²) in [6.45, 7) is 1.14. The molecule has 0 saturated carbocycles. The van der Waals surface area contributed by atoms with E-state index in [0.29, 0.717) is 5.75 Å². The van der Waals surface area contributed by atoms with Crippen LogP contribution in [0.15, 0.2) is 47.4 Å². The van der Waals surface area contributed by atoms with Crippen molar-refractivity contribution in [3.05, 3.63) is 59.2 Å². The van der Waals surface area contributed by atoms with Crippen LogP contribution in [-0.2, 0) is 32.5 Å². The van der Waals surface area contributed by atoms with Gasteiger partial charge in [0.25, 0.3) is 11.8 Å². The molecule has 0 atom stereocenters. The van der Waals surface area contributed by atoms with Crippen molar-refractivity contribution in [1.82, 2.24) is 15.2 Å². The fraction of sp³-hybridized carbons (Fsp3) is 0.333. The summed E-state index contributed by atoms with van der Waals surface area (Å²) in [5.74, 6) is -0.618. The molecule has 2 aromatic rings. The summed E-state index contributed by atoms with van der Waals surface area (Å²) in [5.41, 5.74) is 7.90. The maximum atomic E-state index is 12.5. The normalized spacial score (nSPS) is 13.0. The number of nitrogens with one attached hydrogen (secondary N) is 2. The number of amides is 2. The molecule has 3 rings (SSSR count). The number of nitrogens with zero attached hydrogens (tertiary/aromatic N) is 1. The van der Waals surface area contributed by atoms with E-state index in [1.807, 2.05) is 25.1 Å². The van der Waals surface area contributed by atoms with Crippen LogP contribution in [0.2, 0.25) is 0 Å². The minimum Gasteiger partial charge on any atom is -0.484 e. The summed E-state index contributed by atoms with van der Waals surface area (Å²) in [6.07, 6.45) is 3.20. The monoisotopic (exact) mass is 431 g/mol. The number of hydrogen-bond donors (Lipinski definition) is 2. The van der Waals surface area contributed by atoms with Gasteiger partial charge in [0.2, 0.25) is 10.0 Å². The molecule has 0 aromatic heterocycles. The van der Waals surface area contributed by atoms with Crippen LogP contribution in [-0.4, -0.2) is 44.7 Å². The Morgan fingerprint density at radius 2 is 1.67 bits per heavy atom. The average molecular weight is 432 g/mol. The Bertz CT molecular complexity index is 1040. The van der Waals surface area contributed by atoms with Crippen molar-refractivity contribution in [3.63, 3.8) is 0 Å². The third-order valence-electron chi connectivity index (χ3n) is 4.88. The van der Waals surface area contributed by atoms with Gasteiger partial charge in [0.1, 0.15) is 5.75 Å². The summed E-state index contributed by atoms with van der Waals surface area (Å²) >= 11 is 0. The first-order valence-corrected chi connectivity index (χ1v) is 11.0. The predicted octanol–water partition coefficient (Wildman–Crippen LogP) is 1.33. The fourth-order valence-corrected chi connectivity index (χ4v) is 4.31. The van der Waals surface area contributed by atoms with E-state index < -0.39 is 28.4 Å². The quantitative estimate of drug-likeness (QED) is 0.644. The molecule has 0 bridgehead atoms. The average Bonchev–Trinajstić information content (AvgIpc) is 3.19. The number of hydrazine groups is 1. The second-order valence-electron chi connectivity index (χ2n) is 7.24. The lowest BCUT2D eigenvalue weighted by molar-refractivity contribution is -0.130. The van der Waals surface area contributed by atoms with Crippen LogP contribution in [0.3, 0.4) is 0 Å². The zero-order valence-corrected chi connectivity index (χ0v) is 17.8. The Balaban J connectivity index is 1.44. The van der Waals surface area contributed by atoms with Crippen molar-refractivity contribution in [3.8, 4) is 5.75 Å². The molecule has 160 valence electrons. The first-order valence-electron chi connectivity index (χ1n) is 9.61. The van der Waals surface area contributed by atoms with Gasteiger partial charge >= 0.3 is 0 Å². The molecule has 0 heterocycles. The summed E-state index contributed by atoms with van der Waals surface area (Å²) < 4.78 is 31.4. The van der Waals surface area contributed by atoms with E-state index in [0.717, 1.165) is 29.1 Å². The van der Waals surface area contributed by atoms with Crippen LogP contribution in [0, 0.1) is 6.92 Å². The highest BCUT2D eigenvalue weighted by Gasteiger charge is 2.23. The van der Waals surface area contributed by atoms with Crippen LogP contribution < -0.4 is 15.6 Å². The van der Waals surface area contributed by atoms with E-state index in [9.17, 15) is 18.0 Å². The number of aryl methyl sites for hydroxylation is 3. The van der Waals surface area contributed by atoms with E-state index in [4.69, 9.17) is 4.74 Å². The van der Waals surface area contributed by atoms with Gasteiger partial charge < -0.3 is 4.74 Å². The number of fused-ring (bicyclic) bond motifs is 1. The minimum atomic E-state index is -3.81. The SMILES string of the molecule is Cc1ccc(S(=O)(=O)N(C)CC(=O)NNC(=O)COc2ccc3c(c2)CCC3)cc1. The van der Waals surface area contributed by atoms with Gasteiger partial charge in [0.15, 0.2) is 6.61 Å². The highest BCUT2D eigenvalue weighted by Crippen LogP contribution is 2.25. The number of ether oxygens (including phenoxy) is 1. The van der Waals surface area contributed by atoms with Gasteiger partial charge in [-0.15, -0.1) is 0 Å². The van der Waals surface area contributed by atoms with Crippen LogP contribution in [0.1, 0.15) is 23.1 Å². The van der Waals surface area contributed by atoms with Crippen LogP contribution in [0.4, 0.5) is 0 Å². The van der Waals surface area contributed by atoms with Crippen molar-refractivity contribution < 1.29 is 22.7 Å². The predicted molar refractivity (Wildman–Crippen MR) is 111 cm³/mol. The minimum absolute atomic E-state index is 0.0928. The standard InChI is InChI=1S/C21H25N3O5S/c1-15-6-10-19(11-7-15)30(27,28)24(2)13-20(25)22-23-21(26)14-29-18-9-8-16-4-3-5-17(16)12-18/h6-12H,3-5,13-14H2,1-2H3,(H,22,25)(H,23,26). The summed E-state index contributed by atoms with van der Waals surface area (Å²) in [5, 5.41) is 0. The van der Waals surface area contributed by atoms with Crippen LogP contribution in [0.5, 0.6) is 5.75 Å². The van der Waals surface area contributed by atoms with E-state index in [1.54, 1.807) is 12.1 Å². The van der Waals surface area contributed by atoms with E-state index in [1.165, 1.54) is 30.3 Å². The lowest BCUT2D eigenvalue weighted by Gasteiger charge is -2.17. The molecule has 0 unspecified atom stereocenters. The first-order chi connectivity index (χ1) is 14.3. The van der Waals surface area contributed by atoms with Crippen molar-refractivity contribution in [1.29, 1.82) is 0 Å². The van der Waals surface area contributed by atoms with E-state index in [2.05, 4.69) is 10.9 Å². The second kappa shape index (κ2) is 9.27. The van der Waals surface area contributed by atoms with E-state index in [-0.39, 0.29) is 11.5 Å². The maximum Gasteiger partial charge on any atom is 0.276 e. The van der Waals surface area contributed by atoms with Gasteiger partial charge in [0, 0.05) is 7.05 Å². The molecule has 0 aliphatic heterocycles. The molecule has 30 heavy (non-hydrogen) atoms. The van der Waals surface area contributed by atoms with Gasteiger partial charge in [-0.25, -0.2) is 8.42 Å². The van der Waals surface area contributed by atoms with Crippen molar-refractivity contribution >= 4 is 21.8 Å². The van der Waals surface area contributed by atoms with Gasteiger partial charge in [-0.1, -0.05) is 23.8 Å². The highest BCUT2D eigenvalue weighted by atomic mass is 32.2. The molecule has 1 aliphatic carbocycles. The summed E-state index contributed by atoms with van der Waals surface area (Å²) in [6, 6.07) is 12.1.